The first-order valence-corrected chi connectivity index (χ1v) is 7.49. The Balaban J connectivity index is 2.05. The lowest BCUT2D eigenvalue weighted by molar-refractivity contribution is 1.05. The second-order valence-electron chi connectivity index (χ2n) is 4.29. The Kier molecular flexibility index (Phi) is 2.63. The van der Waals surface area contributed by atoms with Gasteiger partial charge in [-0.2, -0.15) is 0 Å². The van der Waals surface area contributed by atoms with Gasteiger partial charge in [0, 0.05) is 6.20 Å². The van der Waals surface area contributed by atoms with Crippen molar-refractivity contribution in [1.82, 2.24) is 19.5 Å². The molecule has 4 aromatic rings. The van der Waals surface area contributed by atoms with Crippen molar-refractivity contribution in [3.8, 4) is 5.69 Å². The highest BCUT2D eigenvalue weighted by Gasteiger charge is 2.09. The van der Waals surface area contributed by atoms with Crippen LogP contribution in [-0.2, 0) is 0 Å². The second kappa shape index (κ2) is 4.37. The van der Waals surface area contributed by atoms with E-state index in [1.807, 2.05) is 28.3 Å². The van der Waals surface area contributed by atoms with Crippen LogP contribution in [0.1, 0.15) is 0 Å². The molecule has 0 fully saturated rings. The minimum absolute atomic E-state index is 0.582. The maximum absolute atomic E-state index is 5.96. The molecule has 7 heteroatoms. The summed E-state index contributed by atoms with van der Waals surface area (Å²) < 4.78 is 3.62. The fourth-order valence-corrected chi connectivity index (χ4v) is 3.36. The summed E-state index contributed by atoms with van der Waals surface area (Å²) in [6, 6.07) is 7.85. The Bertz CT molecular complexity index is 998. The molecule has 3 aromatic heterocycles. The number of H-pyrrole nitrogens is 1. The Hall–Kier alpha value is -1.76. The molecule has 0 bridgehead atoms. The molecule has 0 atom stereocenters. The molecule has 4 nitrogen and oxygen atoms in total. The normalized spacial score (nSPS) is 11.4. The number of rotatable bonds is 1. The van der Waals surface area contributed by atoms with Gasteiger partial charge in [0.1, 0.15) is 0 Å². The Morgan fingerprint density at radius 3 is 3.05 bits per heavy atom. The lowest BCUT2D eigenvalue weighted by Gasteiger charge is -2.03. The summed E-state index contributed by atoms with van der Waals surface area (Å²) in [6.45, 7) is 0. The molecule has 0 saturated heterocycles. The molecule has 3 heterocycles. The number of pyridine rings is 1. The SMILES string of the molecule is S=c1[nH]c2cc(Cl)cnc2n1-c1ccc2ncsc2c1. The third kappa shape index (κ3) is 1.76. The number of aromatic amines is 1. The predicted molar refractivity (Wildman–Crippen MR) is 84.4 cm³/mol. The van der Waals surface area contributed by atoms with Gasteiger partial charge in [0.25, 0.3) is 0 Å². The van der Waals surface area contributed by atoms with Gasteiger partial charge in [-0.3, -0.25) is 4.57 Å². The quantitative estimate of drug-likeness (QED) is 0.531. The van der Waals surface area contributed by atoms with Gasteiger partial charge in [0.05, 0.1) is 32.0 Å². The summed E-state index contributed by atoms with van der Waals surface area (Å²) in [7, 11) is 0. The van der Waals surface area contributed by atoms with Gasteiger partial charge in [-0.15, -0.1) is 11.3 Å². The van der Waals surface area contributed by atoms with Crippen LogP contribution in [0.15, 0.2) is 36.0 Å². The van der Waals surface area contributed by atoms with E-state index in [9.17, 15) is 0 Å². The smallest absolute Gasteiger partial charge is 0.183 e. The number of benzene rings is 1. The summed E-state index contributed by atoms with van der Waals surface area (Å²) in [5.41, 5.74) is 5.38. The number of aromatic nitrogens is 4. The number of halogens is 1. The van der Waals surface area contributed by atoms with Crippen molar-refractivity contribution in [2.45, 2.75) is 0 Å². The average molecular weight is 319 g/mol. The highest BCUT2D eigenvalue weighted by Crippen LogP contribution is 2.25. The zero-order valence-electron chi connectivity index (χ0n) is 10.0. The van der Waals surface area contributed by atoms with Crippen LogP contribution in [0.2, 0.25) is 5.02 Å². The molecule has 0 aliphatic heterocycles. The van der Waals surface area contributed by atoms with Gasteiger partial charge in [-0.25, -0.2) is 9.97 Å². The van der Waals surface area contributed by atoms with Crippen LogP contribution in [-0.4, -0.2) is 19.5 Å². The van der Waals surface area contributed by atoms with Crippen LogP contribution < -0.4 is 0 Å². The fourth-order valence-electron chi connectivity index (χ4n) is 2.19. The first-order valence-electron chi connectivity index (χ1n) is 5.82. The van der Waals surface area contributed by atoms with Crippen molar-refractivity contribution >= 4 is 56.5 Å². The van der Waals surface area contributed by atoms with E-state index < -0.39 is 0 Å². The summed E-state index contributed by atoms with van der Waals surface area (Å²) in [4.78, 5) is 11.8. The molecule has 0 aliphatic carbocycles. The van der Waals surface area contributed by atoms with E-state index in [0.717, 1.165) is 27.1 Å². The van der Waals surface area contributed by atoms with Crippen molar-refractivity contribution in [2.75, 3.05) is 0 Å². The third-order valence-electron chi connectivity index (χ3n) is 3.06. The van der Waals surface area contributed by atoms with Crippen LogP contribution in [0.3, 0.4) is 0 Å². The first kappa shape index (κ1) is 12.0. The van der Waals surface area contributed by atoms with Gasteiger partial charge in [-0.1, -0.05) is 11.6 Å². The molecule has 0 aliphatic rings. The van der Waals surface area contributed by atoms with Crippen LogP contribution in [0.25, 0.3) is 27.1 Å². The van der Waals surface area contributed by atoms with Gasteiger partial charge in [-0.05, 0) is 36.5 Å². The summed E-state index contributed by atoms with van der Waals surface area (Å²) in [6.07, 6.45) is 1.62. The Labute approximate surface area is 127 Å². The van der Waals surface area contributed by atoms with Crippen molar-refractivity contribution in [3.63, 3.8) is 0 Å². The lowest BCUT2D eigenvalue weighted by atomic mass is 10.3. The van der Waals surface area contributed by atoms with E-state index in [1.54, 1.807) is 17.5 Å². The number of thiazole rings is 1. The standard InChI is InChI=1S/C13H7ClN4S2/c14-7-3-10-12(15-5-7)18(13(19)17-10)8-1-2-9-11(4-8)20-6-16-9/h1-6H,(H,17,19). The summed E-state index contributed by atoms with van der Waals surface area (Å²) >= 11 is 13.0. The number of nitrogens with zero attached hydrogens (tertiary/aromatic N) is 3. The van der Waals surface area contributed by atoms with E-state index in [4.69, 9.17) is 23.8 Å². The number of imidazole rings is 1. The molecule has 4 rings (SSSR count). The molecular weight excluding hydrogens is 312 g/mol. The van der Waals surface area contributed by atoms with E-state index in [2.05, 4.69) is 21.0 Å². The summed E-state index contributed by atoms with van der Waals surface area (Å²) in [5.74, 6) is 0. The molecule has 20 heavy (non-hydrogen) atoms. The van der Waals surface area contributed by atoms with Gasteiger partial charge in [0.15, 0.2) is 10.4 Å². The van der Waals surface area contributed by atoms with Gasteiger partial charge < -0.3 is 4.98 Å². The zero-order chi connectivity index (χ0) is 13.7. The van der Waals surface area contributed by atoms with Crippen LogP contribution in [0, 0.1) is 4.77 Å². The van der Waals surface area contributed by atoms with Crippen LogP contribution in [0.5, 0.6) is 0 Å². The highest BCUT2D eigenvalue weighted by atomic mass is 35.5. The lowest BCUT2D eigenvalue weighted by Crippen LogP contribution is -1.95. The molecule has 0 unspecified atom stereocenters. The fraction of sp³-hybridized carbons (Fsp3) is 0. The van der Waals surface area contributed by atoms with E-state index in [1.165, 1.54) is 0 Å². The third-order valence-corrected chi connectivity index (χ3v) is 4.35. The van der Waals surface area contributed by atoms with Crippen molar-refractivity contribution in [2.24, 2.45) is 0 Å². The topological polar surface area (TPSA) is 46.5 Å². The van der Waals surface area contributed by atoms with E-state index >= 15 is 0 Å². The number of nitrogens with one attached hydrogen (secondary N) is 1. The molecule has 0 amide bonds. The minimum atomic E-state index is 0.582. The first-order chi connectivity index (χ1) is 9.72. The second-order valence-corrected chi connectivity index (χ2v) is 6.00. The molecular formula is C13H7ClN4S2. The van der Waals surface area contributed by atoms with Crippen molar-refractivity contribution in [1.29, 1.82) is 0 Å². The molecule has 1 N–H and O–H groups in total. The van der Waals surface area contributed by atoms with Gasteiger partial charge in [0.2, 0.25) is 0 Å². The molecule has 98 valence electrons. The Morgan fingerprint density at radius 2 is 2.15 bits per heavy atom. The van der Waals surface area contributed by atoms with E-state index in [-0.39, 0.29) is 0 Å². The highest BCUT2D eigenvalue weighted by molar-refractivity contribution is 7.71. The number of hydrogen-bond donors (Lipinski definition) is 1. The van der Waals surface area contributed by atoms with Crippen LogP contribution in [0.4, 0.5) is 0 Å². The van der Waals surface area contributed by atoms with Crippen LogP contribution >= 0.6 is 35.2 Å². The molecule has 1 aromatic carbocycles. The monoisotopic (exact) mass is 318 g/mol. The summed E-state index contributed by atoms with van der Waals surface area (Å²) in [5, 5.41) is 0.582. The maximum Gasteiger partial charge on any atom is 0.183 e. The molecule has 0 spiro atoms. The Morgan fingerprint density at radius 1 is 1.25 bits per heavy atom. The van der Waals surface area contributed by atoms with Gasteiger partial charge >= 0.3 is 0 Å². The largest absolute Gasteiger partial charge is 0.329 e. The van der Waals surface area contributed by atoms with Crippen molar-refractivity contribution in [3.05, 3.63) is 45.8 Å². The maximum atomic E-state index is 5.96. The molecule has 0 saturated carbocycles. The van der Waals surface area contributed by atoms with Crippen molar-refractivity contribution < 1.29 is 0 Å². The average Bonchev–Trinajstić information content (AvgIpc) is 3.00. The molecule has 0 radical (unpaired) electrons. The number of fused-ring (bicyclic) bond motifs is 2. The minimum Gasteiger partial charge on any atom is -0.329 e. The predicted octanol–water partition coefficient (Wildman–Crippen LogP) is 4.35. The zero-order valence-corrected chi connectivity index (χ0v) is 12.4. The van der Waals surface area contributed by atoms with E-state index in [0.29, 0.717) is 9.79 Å². The number of hydrogen-bond acceptors (Lipinski definition) is 4.